The summed E-state index contributed by atoms with van der Waals surface area (Å²) in [5.74, 6) is 2.18. The Hall–Kier alpha value is -1.27. The van der Waals surface area contributed by atoms with E-state index in [1.165, 1.54) is 11.1 Å². The van der Waals surface area contributed by atoms with Gasteiger partial charge in [0.1, 0.15) is 11.2 Å². The van der Waals surface area contributed by atoms with E-state index < -0.39 is 0 Å². The van der Waals surface area contributed by atoms with Crippen molar-refractivity contribution >= 4 is 24.0 Å². The zero-order valence-corrected chi connectivity index (χ0v) is 18.4. The van der Waals surface area contributed by atoms with E-state index in [1.54, 1.807) is 11.8 Å². The lowest BCUT2D eigenvalue weighted by atomic mass is 9.81. The van der Waals surface area contributed by atoms with E-state index >= 15 is 0 Å². The quantitative estimate of drug-likeness (QED) is 0.455. The van der Waals surface area contributed by atoms with Gasteiger partial charge in [-0.3, -0.25) is 0 Å². The molecule has 0 spiro atoms. The van der Waals surface area contributed by atoms with Crippen molar-refractivity contribution in [3.05, 3.63) is 40.1 Å². The molecule has 1 aromatic heterocycles. The van der Waals surface area contributed by atoms with Gasteiger partial charge in [0.15, 0.2) is 0 Å². The highest BCUT2D eigenvalue weighted by atomic mass is 32.2. The van der Waals surface area contributed by atoms with E-state index in [0.29, 0.717) is 16.5 Å². The van der Waals surface area contributed by atoms with Crippen molar-refractivity contribution < 1.29 is 9.15 Å². The number of nitrogens with zero attached hydrogens (tertiary/aromatic N) is 1. The van der Waals surface area contributed by atoms with E-state index in [-0.39, 0.29) is 16.3 Å². The molecule has 1 N–H and O–H groups in total. The number of aromatic amines is 1. The number of hydrogen-bond donors (Lipinski definition) is 1. The van der Waals surface area contributed by atoms with E-state index in [0.717, 1.165) is 12.2 Å². The van der Waals surface area contributed by atoms with Crippen LogP contribution in [0, 0.1) is 4.84 Å². The standard InChI is InChI=1S/C20H30N2O2S2/c1-8-17(26-12-16-21-22-18(25)24-16)23-15-11-13(19(2,3)4)9-10-14(15)20(5,6)7/h9-11,17H,8,12H2,1-7H3,(H,22,25). The lowest BCUT2D eigenvalue weighted by molar-refractivity contribution is 0.275. The highest BCUT2D eigenvalue weighted by molar-refractivity contribution is 7.99. The summed E-state index contributed by atoms with van der Waals surface area (Å²) in [6.07, 6.45) is 0.888. The van der Waals surface area contributed by atoms with Crippen molar-refractivity contribution in [2.45, 2.75) is 76.9 Å². The molecule has 0 aliphatic rings. The lowest BCUT2D eigenvalue weighted by Crippen LogP contribution is -2.19. The summed E-state index contributed by atoms with van der Waals surface area (Å²) < 4.78 is 11.8. The maximum atomic E-state index is 6.44. The second-order valence-electron chi connectivity index (χ2n) is 8.48. The topological polar surface area (TPSA) is 51.0 Å². The Morgan fingerprint density at radius 1 is 1.19 bits per heavy atom. The SMILES string of the molecule is CCC(Oc1cc(C(C)(C)C)ccc1C(C)(C)C)SCc1n[nH]c(=S)o1. The van der Waals surface area contributed by atoms with E-state index in [4.69, 9.17) is 21.4 Å². The predicted octanol–water partition coefficient (Wildman–Crippen LogP) is 6.38. The van der Waals surface area contributed by atoms with Crippen LogP contribution in [-0.4, -0.2) is 15.6 Å². The fourth-order valence-corrected chi connectivity index (χ4v) is 3.57. The van der Waals surface area contributed by atoms with E-state index in [2.05, 4.69) is 76.9 Å². The summed E-state index contributed by atoms with van der Waals surface area (Å²) >= 11 is 6.60. The maximum Gasteiger partial charge on any atom is 0.284 e. The number of hydrogen-bond acceptors (Lipinski definition) is 5. The van der Waals surface area contributed by atoms with Crippen molar-refractivity contribution in [2.75, 3.05) is 0 Å². The normalized spacial score (nSPS) is 13.7. The van der Waals surface area contributed by atoms with Crippen LogP contribution < -0.4 is 4.74 Å². The molecule has 1 atom stereocenters. The third kappa shape index (κ3) is 5.61. The smallest absolute Gasteiger partial charge is 0.284 e. The average molecular weight is 395 g/mol. The maximum absolute atomic E-state index is 6.44. The molecule has 0 fully saturated rings. The molecule has 0 saturated heterocycles. The molecular formula is C20H30N2O2S2. The number of rotatable bonds is 6. The van der Waals surface area contributed by atoms with Crippen molar-refractivity contribution in [1.82, 2.24) is 10.2 Å². The molecular weight excluding hydrogens is 364 g/mol. The Bertz CT molecular complexity index is 782. The fraction of sp³-hybridized carbons (Fsp3) is 0.600. The highest BCUT2D eigenvalue weighted by Gasteiger charge is 2.24. The Morgan fingerprint density at radius 2 is 1.88 bits per heavy atom. The lowest BCUT2D eigenvalue weighted by Gasteiger charge is -2.28. The Kier molecular flexibility index (Phi) is 6.61. The number of H-pyrrole nitrogens is 1. The number of thioether (sulfide) groups is 1. The molecule has 26 heavy (non-hydrogen) atoms. The Labute approximate surface area is 166 Å². The monoisotopic (exact) mass is 394 g/mol. The number of nitrogens with one attached hydrogen (secondary N) is 1. The first-order chi connectivity index (χ1) is 12.0. The molecule has 2 aromatic rings. The third-order valence-electron chi connectivity index (χ3n) is 4.12. The average Bonchev–Trinajstić information content (AvgIpc) is 2.94. The van der Waals surface area contributed by atoms with Crippen molar-refractivity contribution in [3.8, 4) is 5.75 Å². The number of aromatic nitrogens is 2. The van der Waals surface area contributed by atoms with Gasteiger partial charge in [-0.05, 0) is 46.7 Å². The molecule has 1 aromatic carbocycles. The van der Waals surface area contributed by atoms with Crippen LogP contribution in [0.15, 0.2) is 22.6 Å². The molecule has 1 unspecified atom stereocenters. The largest absolute Gasteiger partial charge is 0.479 e. The Morgan fingerprint density at radius 3 is 2.38 bits per heavy atom. The van der Waals surface area contributed by atoms with Crippen molar-refractivity contribution in [3.63, 3.8) is 0 Å². The fourth-order valence-electron chi connectivity index (χ4n) is 2.57. The molecule has 144 valence electrons. The first-order valence-corrected chi connectivity index (χ1v) is 10.4. The van der Waals surface area contributed by atoms with Crippen molar-refractivity contribution in [1.29, 1.82) is 0 Å². The van der Waals surface area contributed by atoms with Gasteiger partial charge in [0, 0.05) is 0 Å². The summed E-state index contributed by atoms with van der Waals surface area (Å²) in [7, 11) is 0. The van der Waals surface area contributed by atoms with E-state index in [1.807, 2.05) is 0 Å². The minimum atomic E-state index is 0.0173. The second-order valence-corrected chi connectivity index (χ2v) is 10.0. The molecule has 2 rings (SSSR count). The first kappa shape index (κ1) is 21.0. The zero-order chi connectivity index (χ0) is 19.5. The van der Waals surface area contributed by atoms with Gasteiger partial charge in [-0.1, -0.05) is 60.6 Å². The van der Waals surface area contributed by atoms with Crippen LogP contribution in [0.4, 0.5) is 0 Å². The highest BCUT2D eigenvalue weighted by Crippen LogP contribution is 2.37. The van der Waals surface area contributed by atoms with Gasteiger partial charge in [-0.2, -0.15) is 0 Å². The van der Waals surface area contributed by atoms with E-state index in [9.17, 15) is 0 Å². The van der Waals surface area contributed by atoms with Crippen LogP contribution in [-0.2, 0) is 16.6 Å². The molecule has 4 nitrogen and oxygen atoms in total. The van der Waals surface area contributed by atoms with Gasteiger partial charge >= 0.3 is 0 Å². The van der Waals surface area contributed by atoms with Crippen LogP contribution in [0.2, 0.25) is 0 Å². The second kappa shape index (κ2) is 8.17. The summed E-state index contributed by atoms with van der Waals surface area (Å²) in [5.41, 5.74) is 2.62. The minimum Gasteiger partial charge on any atom is -0.479 e. The van der Waals surface area contributed by atoms with Crippen LogP contribution in [0.25, 0.3) is 0 Å². The summed E-state index contributed by atoms with van der Waals surface area (Å²) in [6.45, 7) is 15.4. The molecule has 0 bridgehead atoms. The van der Waals surface area contributed by atoms with Gasteiger partial charge in [-0.25, -0.2) is 5.10 Å². The van der Waals surface area contributed by atoms with Crippen LogP contribution in [0.1, 0.15) is 71.9 Å². The molecule has 0 aliphatic heterocycles. The summed E-state index contributed by atoms with van der Waals surface area (Å²) in [5, 5.41) is 6.72. The predicted molar refractivity (Wildman–Crippen MR) is 112 cm³/mol. The molecule has 0 saturated carbocycles. The van der Waals surface area contributed by atoms with Gasteiger partial charge in [0.05, 0.1) is 5.75 Å². The van der Waals surface area contributed by atoms with Crippen LogP contribution in [0.3, 0.4) is 0 Å². The minimum absolute atomic E-state index is 0.0173. The van der Waals surface area contributed by atoms with Gasteiger partial charge in [-0.15, -0.1) is 16.9 Å². The summed E-state index contributed by atoms with van der Waals surface area (Å²) in [4.78, 5) is 0.308. The van der Waals surface area contributed by atoms with Gasteiger partial charge < -0.3 is 9.15 Å². The number of ether oxygens (including phenoxy) is 1. The van der Waals surface area contributed by atoms with Crippen molar-refractivity contribution in [2.24, 2.45) is 0 Å². The van der Waals surface area contributed by atoms with Crippen LogP contribution in [0.5, 0.6) is 5.75 Å². The molecule has 0 radical (unpaired) electrons. The molecule has 0 amide bonds. The number of benzene rings is 1. The van der Waals surface area contributed by atoms with Crippen LogP contribution >= 0.6 is 24.0 Å². The Balaban J connectivity index is 2.24. The zero-order valence-electron chi connectivity index (χ0n) is 16.8. The summed E-state index contributed by atoms with van der Waals surface area (Å²) in [6, 6.07) is 6.62. The molecule has 0 aliphatic carbocycles. The first-order valence-electron chi connectivity index (χ1n) is 8.98. The van der Waals surface area contributed by atoms with Gasteiger partial charge in [0.2, 0.25) is 5.89 Å². The third-order valence-corrected chi connectivity index (χ3v) is 5.51. The molecule has 1 heterocycles. The molecule has 6 heteroatoms. The van der Waals surface area contributed by atoms with Gasteiger partial charge in [0.25, 0.3) is 4.84 Å².